The van der Waals surface area contributed by atoms with E-state index in [4.69, 9.17) is 59.2 Å². The summed E-state index contributed by atoms with van der Waals surface area (Å²) in [6, 6.07) is 21.6. The van der Waals surface area contributed by atoms with Crippen molar-refractivity contribution in [2.24, 2.45) is 0 Å². The first kappa shape index (κ1) is 53.4. The summed E-state index contributed by atoms with van der Waals surface area (Å²) in [7, 11) is 0. The number of aliphatic hydroxyl groups excluding tert-OH is 1. The Morgan fingerprint density at radius 3 is 1.34 bits per heavy atom. The van der Waals surface area contributed by atoms with Crippen molar-refractivity contribution in [2.45, 2.75) is 32.2 Å². The largest absolute Gasteiger partial charge is 1.00 e. The molecule has 0 radical (unpaired) electrons. The smallest absolute Gasteiger partial charge is 0.870 e. The maximum absolute atomic E-state index is 11.5. The van der Waals surface area contributed by atoms with E-state index in [2.05, 4.69) is 35.0 Å². The van der Waals surface area contributed by atoms with Gasteiger partial charge in [0.05, 0.1) is 32.5 Å². The van der Waals surface area contributed by atoms with E-state index in [1.165, 1.54) is 63.8 Å². The Bertz CT molecular complexity index is 2540. The number of carboxylic acids is 1. The molecule has 0 aliphatic carbocycles. The average molecular weight is 945 g/mol. The van der Waals surface area contributed by atoms with Crippen molar-refractivity contribution in [3.8, 4) is 34.2 Å². The third-order valence-electron chi connectivity index (χ3n) is 7.73. The monoisotopic (exact) mass is 943 g/mol. The number of nitrogens with zero attached hydrogens (tertiary/aromatic N) is 9. The quantitative estimate of drug-likeness (QED) is 0.107. The van der Waals surface area contributed by atoms with Crippen LogP contribution in [0, 0.1) is 0 Å². The van der Waals surface area contributed by atoms with E-state index in [-0.39, 0.29) is 42.6 Å². The Morgan fingerprint density at radius 1 is 0.662 bits per heavy atom. The Hall–Kier alpha value is -5.98. The molecule has 3 aromatic heterocycles. The van der Waals surface area contributed by atoms with E-state index < -0.39 is 17.9 Å². The van der Waals surface area contributed by atoms with Crippen LogP contribution in [0.3, 0.4) is 0 Å². The number of carbonyl (C=O) groups excluding carboxylic acids is 2. The van der Waals surface area contributed by atoms with Crippen LogP contribution in [0.2, 0.25) is 15.1 Å². The van der Waals surface area contributed by atoms with Gasteiger partial charge in [-0.3, -0.25) is 0 Å². The fourth-order valence-electron chi connectivity index (χ4n) is 4.71. The van der Waals surface area contributed by atoms with Crippen LogP contribution in [0.1, 0.15) is 13.8 Å². The van der Waals surface area contributed by atoms with Crippen molar-refractivity contribution in [1.82, 2.24) is 44.3 Å². The molecule has 23 heteroatoms. The van der Waals surface area contributed by atoms with Gasteiger partial charge < -0.3 is 34.6 Å². The zero-order valence-electron chi connectivity index (χ0n) is 35.0. The number of benzene rings is 3. The van der Waals surface area contributed by atoms with E-state index in [9.17, 15) is 14.4 Å². The van der Waals surface area contributed by atoms with Gasteiger partial charge in [0.15, 0.2) is 17.5 Å². The van der Waals surface area contributed by atoms with Gasteiger partial charge in [0.1, 0.15) is 31.2 Å². The number of halogens is 3. The fraction of sp³-hybridized carbons (Fsp3) is 0.214. The standard InChI is InChI=1S/C14H12ClN3O3.C14H14ClN3O2.C11H8ClN3O2.C3H6O2.Li.H2O/c15-11-3-1-2-10(6-11)14-16-9-18(17-14)5-4-13(19)21-12-7-20-8-12;1-10(2)20-13(19)6-7-18-9-16-14(17-18)11-4-3-5-12(15)8-11;12-9-3-1-2-8(6-9)11-13-7-15(14-11)5-4-10(16)17;4-3-1-5-2-3;;/h1-6,9,12H,7-8H2;3-10H,1-2H3;1-7H,(H,16,17);3-4H,1-2H2;;1H2/q;;;;+1;/p-1/b5-4-;7-6-;5-4-;;;. The van der Waals surface area contributed by atoms with E-state index in [1.807, 2.05) is 30.3 Å². The Morgan fingerprint density at radius 2 is 1.03 bits per heavy atom. The summed E-state index contributed by atoms with van der Waals surface area (Å²) in [5.74, 6) is -0.326. The van der Waals surface area contributed by atoms with E-state index in [0.29, 0.717) is 59.0 Å². The molecule has 3 N–H and O–H groups in total. The molecule has 0 bridgehead atoms. The van der Waals surface area contributed by atoms with Crippen LogP contribution < -0.4 is 18.9 Å². The summed E-state index contributed by atoms with van der Waals surface area (Å²) in [5.41, 5.74) is 2.40. The fourth-order valence-corrected chi connectivity index (χ4v) is 5.29. The van der Waals surface area contributed by atoms with Gasteiger partial charge in [-0.2, -0.15) is 0 Å². The minimum Gasteiger partial charge on any atom is -0.870 e. The number of aromatic nitrogens is 9. The number of ether oxygens (including phenoxy) is 4. The first-order valence-electron chi connectivity index (χ1n) is 18.8. The van der Waals surface area contributed by atoms with Gasteiger partial charge >= 0.3 is 36.8 Å². The van der Waals surface area contributed by atoms with E-state index in [0.717, 1.165) is 22.8 Å². The van der Waals surface area contributed by atoms with Crippen molar-refractivity contribution in [3.05, 3.63) is 125 Å². The summed E-state index contributed by atoms with van der Waals surface area (Å²) in [5, 5.41) is 31.2. The van der Waals surface area contributed by atoms with Crippen LogP contribution in [0.15, 0.2) is 110 Å². The second-order valence-electron chi connectivity index (χ2n) is 13.2. The summed E-state index contributed by atoms with van der Waals surface area (Å²) < 4.78 is 23.8. The molecular weight excluding hydrogens is 904 g/mol. The number of rotatable bonds is 11. The molecule has 19 nitrogen and oxygen atoms in total. The number of hydrogen-bond donors (Lipinski definition) is 2. The van der Waals surface area contributed by atoms with Crippen molar-refractivity contribution in [1.29, 1.82) is 0 Å². The van der Waals surface area contributed by atoms with Gasteiger partial charge in [-0.15, -0.1) is 15.3 Å². The van der Waals surface area contributed by atoms with Crippen molar-refractivity contribution >= 4 is 71.3 Å². The van der Waals surface area contributed by atoms with Gasteiger partial charge in [0.2, 0.25) is 0 Å². The Balaban J connectivity index is 0.000000242. The molecule has 2 aliphatic rings. The second-order valence-corrected chi connectivity index (χ2v) is 14.5. The predicted octanol–water partition coefficient (Wildman–Crippen LogP) is 3.39. The third kappa shape index (κ3) is 18.9. The molecule has 8 rings (SSSR count). The van der Waals surface area contributed by atoms with Crippen molar-refractivity contribution < 1.29 is 67.9 Å². The van der Waals surface area contributed by atoms with Gasteiger partial charge in [-0.05, 0) is 50.2 Å². The molecule has 6 aromatic rings. The summed E-state index contributed by atoms with van der Waals surface area (Å²) in [6.07, 6.45) is 11.9. The molecule has 2 fully saturated rings. The molecule has 0 amide bonds. The maximum Gasteiger partial charge on any atom is 1.00 e. The van der Waals surface area contributed by atoms with Gasteiger partial charge in [0.25, 0.3) is 0 Å². The minimum absolute atomic E-state index is 0. The molecule has 5 heterocycles. The zero-order valence-corrected chi connectivity index (χ0v) is 37.3. The van der Waals surface area contributed by atoms with Gasteiger partial charge in [0, 0.05) is 68.6 Å². The summed E-state index contributed by atoms with van der Waals surface area (Å²) in [6.45, 7) is 5.58. The van der Waals surface area contributed by atoms with Crippen LogP contribution in [-0.4, -0.2) is 123 Å². The first-order valence-corrected chi connectivity index (χ1v) is 20.0. The number of aliphatic carboxylic acids is 1. The Labute approximate surface area is 399 Å². The number of esters is 2. The SMILES string of the molecule is CC(C)OC(=O)/C=C\n1cnc(-c2cccc(Cl)c2)n1.O=C(/C=C\n1cnc(-c2cccc(Cl)c2)n1)OC1COC1.O=C(O)/C=C\n1cnc(-c2cccc(Cl)c2)n1.OC1COC1.[Li+].[OH-]. The molecule has 3 aromatic carbocycles. The van der Waals surface area contributed by atoms with Crippen LogP contribution in [0.5, 0.6) is 0 Å². The van der Waals surface area contributed by atoms with Gasteiger partial charge in [-0.25, -0.2) is 43.4 Å². The van der Waals surface area contributed by atoms with Crippen molar-refractivity contribution in [2.75, 3.05) is 26.4 Å². The molecular formula is C42H41Cl3LiN9O10. The van der Waals surface area contributed by atoms with Gasteiger partial charge in [-0.1, -0.05) is 71.2 Å². The molecule has 0 unspecified atom stereocenters. The maximum atomic E-state index is 11.5. The van der Waals surface area contributed by atoms with Crippen LogP contribution >= 0.6 is 34.8 Å². The average Bonchev–Trinajstić information content (AvgIpc) is 4.02. The zero-order chi connectivity index (χ0) is 45.1. The summed E-state index contributed by atoms with van der Waals surface area (Å²) in [4.78, 5) is 45.6. The topological polar surface area (TPSA) is 251 Å². The molecule has 0 spiro atoms. The third-order valence-corrected chi connectivity index (χ3v) is 8.44. The number of hydrogen-bond acceptors (Lipinski definition) is 15. The van der Waals surface area contributed by atoms with Crippen LogP contribution in [-0.2, 0) is 33.3 Å². The molecule has 336 valence electrons. The predicted molar refractivity (Wildman–Crippen MR) is 236 cm³/mol. The first-order chi connectivity index (χ1) is 30.3. The number of carbonyl (C=O) groups is 3. The normalized spacial score (nSPS) is 13.2. The second kappa shape index (κ2) is 27.4. The molecule has 2 saturated heterocycles. The molecule has 0 atom stereocenters. The molecule has 2 aliphatic heterocycles. The van der Waals surface area contributed by atoms with E-state index in [1.54, 1.807) is 56.3 Å². The summed E-state index contributed by atoms with van der Waals surface area (Å²) >= 11 is 17.7. The number of carboxylic acid groups (broad SMARTS) is 1. The van der Waals surface area contributed by atoms with E-state index >= 15 is 0 Å². The van der Waals surface area contributed by atoms with Crippen molar-refractivity contribution in [3.63, 3.8) is 0 Å². The Kier molecular flexibility index (Phi) is 22.5. The van der Waals surface area contributed by atoms with Crippen LogP contribution in [0.25, 0.3) is 52.8 Å². The van der Waals surface area contributed by atoms with Crippen LogP contribution in [0.4, 0.5) is 0 Å². The molecule has 0 saturated carbocycles. The molecule has 65 heavy (non-hydrogen) atoms. The number of aliphatic hydroxyl groups is 1. The minimum atomic E-state index is -1.04.